The standard InChI is InChI=1S/C31H44O4.C27H36O4.C25H32O4/c1-3-5-6-7-10-13-24-33-29-20-16-27(17-21-29)28-18-22-30(23-19-28)34-25-14-11-8-9-12-15-26-35-31(32)4-2;1-3-5-6-7-8-9-20-29-25-16-12-23(13-17-25)24-14-18-26(19-15-24)30-21-10-11-22-31-27(28)4-2;1-3-5-6-7-8-9-18-27-23-14-10-21(11-15-23)22-12-16-24(17-13-22)28-19-20-29-25(26)4-2/h4,16-23H,2-3,5-15,24-26H2,1H3;4,12-19H,2-3,5-11,20-22H2,1H3;4,10-17H,2-3,5-9,18-20H2,1H3. The van der Waals surface area contributed by atoms with E-state index in [0.717, 1.165) is 153 Å². The van der Waals surface area contributed by atoms with Crippen LogP contribution in [0.15, 0.2) is 184 Å². The van der Waals surface area contributed by atoms with E-state index in [2.05, 4.69) is 113 Å². The van der Waals surface area contributed by atoms with Gasteiger partial charge in [0.25, 0.3) is 0 Å². The Kier molecular flexibility index (Phi) is 44.2. The van der Waals surface area contributed by atoms with E-state index in [-0.39, 0.29) is 18.5 Å². The summed E-state index contributed by atoms with van der Waals surface area (Å²) in [5.74, 6) is 4.12. The second-order valence-corrected chi connectivity index (χ2v) is 23.5. The molecule has 0 aliphatic carbocycles. The van der Waals surface area contributed by atoms with E-state index < -0.39 is 5.97 Å². The highest BCUT2D eigenvalue weighted by Crippen LogP contribution is 2.28. The largest absolute Gasteiger partial charge is 0.494 e. The zero-order valence-corrected chi connectivity index (χ0v) is 57.9. The fourth-order valence-corrected chi connectivity index (χ4v) is 10.00. The van der Waals surface area contributed by atoms with Gasteiger partial charge >= 0.3 is 17.9 Å². The maximum atomic E-state index is 11.0. The minimum absolute atomic E-state index is 0.201. The SMILES string of the molecule is C=CC(=O)OCCCCCCCCOc1ccc(-c2ccc(OCCCCCCCC)cc2)cc1.C=CC(=O)OCCCCOc1ccc(-c2ccc(OCCCCCCCC)cc2)cc1.C=CC(=O)OCCOc1ccc(-c2ccc(OCCCCCCCC)cc2)cc1. The highest BCUT2D eigenvalue weighted by atomic mass is 16.6. The van der Waals surface area contributed by atoms with E-state index in [1.807, 2.05) is 72.8 Å². The lowest BCUT2D eigenvalue weighted by molar-refractivity contribution is -0.139. The first-order valence-electron chi connectivity index (χ1n) is 35.4. The summed E-state index contributed by atoms with van der Waals surface area (Å²) < 4.78 is 49.6. The third kappa shape index (κ3) is 38.0. The first-order valence-corrected chi connectivity index (χ1v) is 35.4. The van der Waals surface area contributed by atoms with E-state index >= 15 is 0 Å². The van der Waals surface area contributed by atoms with Gasteiger partial charge in [0.1, 0.15) is 47.7 Å². The Bertz CT molecular complexity index is 2920. The number of hydrogen-bond acceptors (Lipinski definition) is 12. The number of carbonyl (C=O) groups excluding carboxylic acids is 3. The van der Waals surface area contributed by atoms with Gasteiger partial charge < -0.3 is 42.6 Å². The Morgan fingerprint density at radius 2 is 0.400 bits per heavy atom. The Balaban J connectivity index is 0.000000305. The second-order valence-electron chi connectivity index (χ2n) is 23.5. The van der Waals surface area contributed by atoms with Crippen LogP contribution < -0.4 is 28.4 Å². The molecule has 0 spiro atoms. The number of ether oxygens (including phenoxy) is 9. The fraction of sp³-hybridized carbons (Fsp3) is 0.458. The van der Waals surface area contributed by atoms with Crippen molar-refractivity contribution in [2.24, 2.45) is 0 Å². The van der Waals surface area contributed by atoms with Crippen LogP contribution in [-0.2, 0) is 28.6 Å². The van der Waals surface area contributed by atoms with E-state index in [1.165, 1.54) is 126 Å². The average Bonchev–Trinajstić information content (AvgIpc) is 1.10. The third-order valence-corrected chi connectivity index (χ3v) is 15.6. The molecule has 0 saturated heterocycles. The van der Waals surface area contributed by atoms with Gasteiger partial charge in [-0.05, 0) is 151 Å². The number of esters is 3. The molecule has 6 rings (SSSR count). The van der Waals surface area contributed by atoms with Gasteiger partial charge in [0.2, 0.25) is 0 Å². The number of rotatable bonds is 50. The molecule has 0 heterocycles. The van der Waals surface area contributed by atoms with Gasteiger partial charge in [-0.1, -0.05) is 235 Å². The van der Waals surface area contributed by atoms with Crippen molar-refractivity contribution in [1.82, 2.24) is 0 Å². The molecule has 0 aliphatic heterocycles. The second kappa shape index (κ2) is 53.0. The summed E-state index contributed by atoms with van der Waals surface area (Å²) in [5.41, 5.74) is 6.90. The van der Waals surface area contributed by atoms with Gasteiger partial charge in [-0.15, -0.1) is 0 Å². The van der Waals surface area contributed by atoms with E-state index in [9.17, 15) is 14.4 Å². The van der Waals surface area contributed by atoms with Crippen LogP contribution >= 0.6 is 0 Å². The molecule has 0 radical (unpaired) electrons. The molecule has 0 aromatic heterocycles. The summed E-state index contributed by atoms with van der Waals surface area (Å²) in [5, 5.41) is 0. The predicted molar refractivity (Wildman–Crippen MR) is 389 cm³/mol. The summed E-state index contributed by atoms with van der Waals surface area (Å²) in [6.45, 7) is 21.9. The van der Waals surface area contributed by atoms with Crippen molar-refractivity contribution < 1.29 is 57.0 Å². The van der Waals surface area contributed by atoms with Crippen LogP contribution in [0.2, 0.25) is 0 Å². The van der Waals surface area contributed by atoms with Crippen molar-refractivity contribution >= 4 is 17.9 Å². The molecule has 0 fully saturated rings. The minimum atomic E-state index is -0.441. The molecular weight excluding hydrogens is 1190 g/mol. The van der Waals surface area contributed by atoms with Crippen LogP contribution in [0.4, 0.5) is 0 Å². The van der Waals surface area contributed by atoms with Crippen LogP contribution in [0.5, 0.6) is 34.5 Å². The molecule has 516 valence electrons. The first kappa shape index (κ1) is 79.2. The fourth-order valence-electron chi connectivity index (χ4n) is 10.00. The van der Waals surface area contributed by atoms with E-state index in [0.29, 0.717) is 26.4 Å². The van der Waals surface area contributed by atoms with Crippen molar-refractivity contribution in [2.75, 3.05) is 59.5 Å². The number of unbranched alkanes of at least 4 members (excludes halogenated alkanes) is 21. The highest BCUT2D eigenvalue weighted by molar-refractivity contribution is 5.82. The van der Waals surface area contributed by atoms with Gasteiger partial charge in [-0.3, -0.25) is 0 Å². The van der Waals surface area contributed by atoms with Crippen molar-refractivity contribution in [1.29, 1.82) is 0 Å². The highest BCUT2D eigenvalue weighted by Gasteiger charge is 2.07. The summed E-state index contributed by atoms with van der Waals surface area (Å²) in [4.78, 5) is 32.9. The smallest absolute Gasteiger partial charge is 0.330 e. The molecule has 0 N–H and O–H groups in total. The Labute approximate surface area is 570 Å². The molecular formula is C83H112O12. The first-order chi connectivity index (χ1) is 46.7. The minimum Gasteiger partial charge on any atom is -0.494 e. The van der Waals surface area contributed by atoms with Gasteiger partial charge in [0, 0.05) is 18.2 Å². The van der Waals surface area contributed by atoms with Crippen LogP contribution in [0.1, 0.15) is 188 Å². The molecule has 0 atom stereocenters. The predicted octanol–water partition coefficient (Wildman–Crippen LogP) is 21.7. The molecule has 0 aliphatic rings. The topological polar surface area (TPSA) is 134 Å². The molecule has 6 aromatic rings. The Morgan fingerprint density at radius 3 is 0.621 bits per heavy atom. The lowest BCUT2D eigenvalue weighted by Crippen LogP contribution is -2.10. The zero-order chi connectivity index (χ0) is 67.9. The molecule has 0 bridgehead atoms. The summed E-state index contributed by atoms with van der Waals surface area (Å²) in [6, 6.07) is 49.1. The van der Waals surface area contributed by atoms with Gasteiger partial charge in [0.15, 0.2) is 0 Å². The van der Waals surface area contributed by atoms with Crippen molar-refractivity contribution in [3.63, 3.8) is 0 Å². The maximum Gasteiger partial charge on any atom is 0.330 e. The average molecular weight is 1300 g/mol. The van der Waals surface area contributed by atoms with Crippen LogP contribution in [-0.4, -0.2) is 77.4 Å². The molecule has 95 heavy (non-hydrogen) atoms. The molecule has 0 amide bonds. The normalized spacial score (nSPS) is 10.5. The summed E-state index contributed by atoms with van der Waals surface area (Å²) in [6.07, 6.45) is 34.5. The van der Waals surface area contributed by atoms with Crippen molar-refractivity contribution in [3.05, 3.63) is 184 Å². The number of carbonyl (C=O) groups is 3. The molecule has 0 saturated carbocycles. The molecule has 12 heteroatoms. The summed E-state index contributed by atoms with van der Waals surface area (Å²) in [7, 11) is 0. The quantitative estimate of drug-likeness (QED) is 0.0156. The molecule has 12 nitrogen and oxygen atoms in total. The van der Waals surface area contributed by atoms with Crippen LogP contribution in [0.3, 0.4) is 0 Å². The number of benzene rings is 6. The monoisotopic (exact) mass is 1300 g/mol. The van der Waals surface area contributed by atoms with Crippen molar-refractivity contribution in [2.45, 2.75) is 188 Å². The van der Waals surface area contributed by atoms with Gasteiger partial charge in [-0.25, -0.2) is 14.4 Å². The Hall–Kier alpha value is -8.25. The Morgan fingerprint density at radius 1 is 0.232 bits per heavy atom. The van der Waals surface area contributed by atoms with Crippen LogP contribution in [0, 0.1) is 0 Å². The maximum absolute atomic E-state index is 11.0. The lowest BCUT2D eigenvalue weighted by Gasteiger charge is -2.09. The lowest BCUT2D eigenvalue weighted by atomic mass is 10.1. The van der Waals surface area contributed by atoms with E-state index in [4.69, 9.17) is 42.6 Å². The molecule has 6 aromatic carbocycles. The van der Waals surface area contributed by atoms with Crippen molar-refractivity contribution in [3.8, 4) is 67.9 Å². The third-order valence-electron chi connectivity index (χ3n) is 15.6. The van der Waals surface area contributed by atoms with Gasteiger partial charge in [-0.2, -0.15) is 0 Å². The van der Waals surface area contributed by atoms with E-state index in [1.54, 1.807) is 0 Å². The van der Waals surface area contributed by atoms with Crippen LogP contribution in [0.25, 0.3) is 33.4 Å². The zero-order valence-electron chi connectivity index (χ0n) is 57.9. The molecule has 0 unspecified atom stereocenters. The van der Waals surface area contributed by atoms with Gasteiger partial charge in [0.05, 0.1) is 46.2 Å². The number of hydrogen-bond donors (Lipinski definition) is 0. The summed E-state index contributed by atoms with van der Waals surface area (Å²) >= 11 is 0.